The van der Waals surface area contributed by atoms with Crippen LogP contribution in [-0.4, -0.2) is 10.5 Å². The van der Waals surface area contributed by atoms with Crippen molar-refractivity contribution in [3.05, 3.63) is 17.7 Å². The van der Waals surface area contributed by atoms with Crippen molar-refractivity contribution < 1.29 is 0 Å². The number of nitrogen functional groups attached to an aromatic ring is 1. The van der Waals surface area contributed by atoms with E-state index in [2.05, 4.69) is 30.5 Å². The lowest BCUT2D eigenvalue weighted by Crippen LogP contribution is -2.29. The first kappa shape index (κ1) is 11.3. The van der Waals surface area contributed by atoms with Crippen molar-refractivity contribution >= 4 is 17.8 Å². The minimum atomic E-state index is 0.0743. The first-order valence-corrected chi connectivity index (χ1v) is 5.37. The van der Waals surface area contributed by atoms with Gasteiger partial charge in [-0.1, -0.05) is 0 Å². The van der Waals surface area contributed by atoms with Gasteiger partial charge in [-0.2, -0.15) is 0 Å². The lowest BCUT2D eigenvalue weighted by atomic mass is 10.1. The summed E-state index contributed by atoms with van der Waals surface area (Å²) in [6.07, 6.45) is 0. The van der Waals surface area contributed by atoms with Crippen LogP contribution in [-0.2, 0) is 0 Å². The Morgan fingerprint density at radius 3 is 2.50 bits per heavy atom. The second-order valence-electron chi connectivity index (χ2n) is 4.36. The predicted molar refractivity (Wildman–Crippen MR) is 62.1 cm³/mol. The zero-order valence-electron chi connectivity index (χ0n) is 9.09. The fourth-order valence-corrected chi connectivity index (χ4v) is 1.73. The smallest absolute Gasteiger partial charge is 0.124 e. The van der Waals surface area contributed by atoms with Crippen LogP contribution < -0.4 is 10.5 Å². The second kappa shape index (κ2) is 4.19. The SMILES string of the molecule is Cc1cc(N)nc(SNC(C)(C)C)c1. The fourth-order valence-electron chi connectivity index (χ4n) is 0.919. The van der Waals surface area contributed by atoms with E-state index in [0.717, 1.165) is 10.6 Å². The van der Waals surface area contributed by atoms with Crippen molar-refractivity contribution in [1.29, 1.82) is 0 Å². The number of anilines is 1. The van der Waals surface area contributed by atoms with Gasteiger partial charge >= 0.3 is 0 Å². The van der Waals surface area contributed by atoms with Crippen molar-refractivity contribution in [1.82, 2.24) is 9.71 Å². The maximum atomic E-state index is 5.65. The third-order valence-electron chi connectivity index (χ3n) is 1.43. The van der Waals surface area contributed by atoms with E-state index in [-0.39, 0.29) is 5.54 Å². The molecule has 0 spiro atoms. The van der Waals surface area contributed by atoms with Crippen LogP contribution in [0.1, 0.15) is 26.3 Å². The molecule has 78 valence electrons. The molecule has 3 N–H and O–H groups in total. The molecule has 3 nitrogen and oxygen atoms in total. The molecule has 0 aromatic carbocycles. The normalized spacial score (nSPS) is 11.7. The largest absolute Gasteiger partial charge is 0.384 e. The van der Waals surface area contributed by atoms with E-state index in [0.29, 0.717) is 5.82 Å². The zero-order chi connectivity index (χ0) is 10.8. The molecule has 0 fully saturated rings. The molecule has 0 atom stereocenters. The van der Waals surface area contributed by atoms with Gasteiger partial charge in [0.15, 0.2) is 0 Å². The van der Waals surface area contributed by atoms with Crippen molar-refractivity contribution in [2.24, 2.45) is 0 Å². The molecule has 1 heterocycles. The summed E-state index contributed by atoms with van der Waals surface area (Å²) >= 11 is 1.51. The third-order valence-corrected chi connectivity index (χ3v) is 2.56. The van der Waals surface area contributed by atoms with Crippen LogP contribution in [0.5, 0.6) is 0 Å². The van der Waals surface area contributed by atoms with Crippen LogP contribution in [0.4, 0.5) is 5.82 Å². The van der Waals surface area contributed by atoms with E-state index >= 15 is 0 Å². The highest BCUT2D eigenvalue weighted by Crippen LogP contribution is 2.18. The van der Waals surface area contributed by atoms with Crippen LogP contribution in [0.15, 0.2) is 17.2 Å². The second-order valence-corrected chi connectivity index (χ2v) is 5.19. The van der Waals surface area contributed by atoms with Gasteiger partial charge in [-0.15, -0.1) is 0 Å². The van der Waals surface area contributed by atoms with E-state index in [9.17, 15) is 0 Å². The van der Waals surface area contributed by atoms with Crippen molar-refractivity contribution in [3.63, 3.8) is 0 Å². The van der Waals surface area contributed by atoms with E-state index < -0.39 is 0 Å². The molecular formula is C10H17N3S. The minimum Gasteiger partial charge on any atom is -0.384 e. The van der Waals surface area contributed by atoms with Crippen molar-refractivity contribution in [2.45, 2.75) is 38.3 Å². The van der Waals surface area contributed by atoms with Gasteiger partial charge in [-0.05, 0) is 57.3 Å². The summed E-state index contributed by atoms with van der Waals surface area (Å²) in [5.41, 5.74) is 6.86. The highest BCUT2D eigenvalue weighted by molar-refractivity contribution is 7.97. The Bertz CT molecular complexity index is 297. The van der Waals surface area contributed by atoms with Gasteiger partial charge in [0.25, 0.3) is 0 Å². The molecule has 0 bridgehead atoms. The molecule has 4 heteroatoms. The van der Waals surface area contributed by atoms with Gasteiger partial charge in [-0.25, -0.2) is 4.98 Å². The maximum absolute atomic E-state index is 5.65. The number of hydrogen-bond acceptors (Lipinski definition) is 4. The average Bonchev–Trinajstić information content (AvgIpc) is 1.97. The third kappa shape index (κ3) is 3.98. The highest BCUT2D eigenvalue weighted by atomic mass is 32.2. The molecule has 1 aromatic rings. The molecule has 0 radical (unpaired) electrons. The minimum absolute atomic E-state index is 0.0743. The Hall–Kier alpha value is -0.740. The summed E-state index contributed by atoms with van der Waals surface area (Å²) in [7, 11) is 0. The lowest BCUT2D eigenvalue weighted by Gasteiger charge is -2.19. The van der Waals surface area contributed by atoms with E-state index in [1.54, 1.807) is 0 Å². The molecule has 1 rings (SSSR count). The Labute approximate surface area is 89.6 Å². The molecule has 0 saturated heterocycles. The summed E-state index contributed by atoms with van der Waals surface area (Å²) in [6, 6.07) is 3.88. The van der Waals surface area contributed by atoms with Gasteiger partial charge in [0, 0.05) is 5.54 Å². The van der Waals surface area contributed by atoms with Crippen LogP contribution in [0, 0.1) is 6.92 Å². The Balaban J connectivity index is 2.68. The lowest BCUT2D eigenvalue weighted by molar-refractivity contribution is 0.535. The number of pyridine rings is 1. The quantitative estimate of drug-likeness (QED) is 0.737. The molecule has 0 unspecified atom stereocenters. The number of rotatable bonds is 2. The van der Waals surface area contributed by atoms with E-state index in [1.165, 1.54) is 11.9 Å². The number of aryl methyl sites for hydroxylation is 1. The molecule has 14 heavy (non-hydrogen) atoms. The van der Waals surface area contributed by atoms with Crippen LogP contribution >= 0.6 is 11.9 Å². The molecular weight excluding hydrogens is 194 g/mol. The molecule has 0 aliphatic heterocycles. The van der Waals surface area contributed by atoms with Gasteiger partial charge in [0.1, 0.15) is 10.8 Å². The summed E-state index contributed by atoms with van der Waals surface area (Å²) < 4.78 is 3.29. The number of nitrogens with zero attached hydrogens (tertiary/aromatic N) is 1. The monoisotopic (exact) mass is 211 g/mol. The first-order valence-electron chi connectivity index (χ1n) is 4.55. The fraction of sp³-hybridized carbons (Fsp3) is 0.500. The summed E-state index contributed by atoms with van der Waals surface area (Å²) in [5.74, 6) is 0.572. The number of hydrogen-bond donors (Lipinski definition) is 2. The first-order chi connectivity index (χ1) is 6.37. The van der Waals surface area contributed by atoms with E-state index in [4.69, 9.17) is 5.73 Å². The molecule has 0 aliphatic rings. The molecule has 0 saturated carbocycles. The van der Waals surface area contributed by atoms with Gasteiger partial charge in [-0.3, -0.25) is 4.72 Å². The van der Waals surface area contributed by atoms with Crippen LogP contribution in [0.2, 0.25) is 0 Å². The summed E-state index contributed by atoms with van der Waals surface area (Å²) in [6.45, 7) is 8.34. The molecule has 0 amide bonds. The topological polar surface area (TPSA) is 50.9 Å². The predicted octanol–water partition coefficient (Wildman–Crippen LogP) is 2.37. The van der Waals surface area contributed by atoms with Crippen molar-refractivity contribution in [2.75, 3.05) is 5.73 Å². The van der Waals surface area contributed by atoms with Crippen LogP contribution in [0.3, 0.4) is 0 Å². The standard InChI is InChI=1S/C10H17N3S/c1-7-5-8(11)12-9(6-7)14-13-10(2,3)4/h5-6,13H,1-4H3,(H2,11,12). The van der Waals surface area contributed by atoms with E-state index in [1.807, 2.05) is 19.1 Å². The highest BCUT2D eigenvalue weighted by Gasteiger charge is 2.10. The maximum Gasteiger partial charge on any atom is 0.124 e. The Morgan fingerprint density at radius 1 is 1.36 bits per heavy atom. The average molecular weight is 211 g/mol. The summed E-state index contributed by atoms with van der Waals surface area (Å²) in [4.78, 5) is 4.22. The molecule has 0 aliphatic carbocycles. The number of aromatic nitrogens is 1. The van der Waals surface area contributed by atoms with Gasteiger partial charge < -0.3 is 5.73 Å². The molecule has 1 aromatic heterocycles. The van der Waals surface area contributed by atoms with Gasteiger partial charge in [0.2, 0.25) is 0 Å². The Morgan fingerprint density at radius 2 is 2.00 bits per heavy atom. The Kier molecular flexibility index (Phi) is 3.39. The number of nitrogens with one attached hydrogen (secondary N) is 1. The van der Waals surface area contributed by atoms with Crippen LogP contribution in [0.25, 0.3) is 0 Å². The zero-order valence-corrected chi connectivity index (χ0v) is 9.90. The number of nitrogens with two attached hydrogens (primary N) is 1. The van der Waals surface area contributed by atoms with Gasteiger partial charge in [0.05, 0.1) is 0 Å². The summed E-state index contributed by atoms with van der Waals surface area (Å²) in [5, 5.41) is 0.914. The van der Waals surface area contributed by atoms with Crippen molar-refractivity contribution in [3.8, 4) is 0 Å².